The molecule has 2 aromatic rings. The van der Waals surface area contributed by atoms with E-state index in [9.17, 15) is 9.59 Å². The van der Waals surface area contributed by atoms with Gasteiger partial charge in [-0.3, -0.25) is 9.59 Å². The van der Waals surface area contributed by atoms with E-state index < -0.39 is 0 Å². The van der Waals surface area contributed by atoms with E-state index in [0.29, 0.717) is 37.7 Å². The van der Waals surface area contributed by atoms with Gasteiger partial charge in [0.1, 0.15) is 0 Å². The van der Waals surface area contributed by atoms with Gasteiger partial charge in [-0.15, -0.1) is 10.2 Å². The molecule has 1 aromatic heterocycles. The highest BCUT2D eigenvalue weighted by Gasteiger charge is 2.24. The third-order valence-corrected chi connectivity index (χ3v) is 3.94. The van der Waals surface area contributed by atoms with Gasteiger partial charge in [-0.2, -0.15) is 0 Å². The van der Waals surface area contributed by atoms with Crippen molar-refractivity contribution in [2.75, 3.05) is 31.5 Å². The number of carbonyl (C=O) groups excluding carboxylic acids is 2. The average Bonchev–Trinajstić information content (AvgIpc) is 2.63. The summed E-state index contributed by atoms with van der Waals surface area (Å²) in [5.74, 6) is 0.467. The molecule has 1 N–H and O–H groups in total. The minimum Gasteiger partial charge on any atom is -0.339 e. The van der Waals surface area contributed by atoms with Gasteiger partial charge in [-0.25, -0.2) is 0 Å². The van der Waals surface area contributed by atoms with Crippen LogP contribution in [0.3, 0.4) is 0 Å². The molecule has 0 unspecified atom stereocenters. The Balaban J connectivity index is 1.61. The smallest absolute Gasteiger partial charge is 0.274 e. The molecular weight excluding hydrogens is 306 g/mol. The highest BCUT2D eigenvalue weighted by molar-refractivity contribution is 5.92. The van der Waals surface area contributed by atoms with Gasteiger partial charge in [-0.05, 0) is 24.3 Å². The lowest BCUT2D eigenvalue weighted by Crippen LogP contribution is -2.50. The maximum Gasteiger partial charge on any atom is 0.274 e. The van der Waals surface area contributed by atoms with Crippen LogP contribution in [0.5, 0.6) is 0 Å². The standard InChI is InChI=1S/C17H19N5O2/c1-13(23)21-9-11-22(12-10-21)17(24)15-7-8-16(20-19-15)18-14-5-3-2-4-6-14/h2-8H,9-12H2,1H3,(H,18,20). The molecule has 0 saturated carbocycles. The van der Waals surface area contributed by atoms with Gasteiger partial charge in [0.15, 0.2) is 11.5 Å². The molecule has 3 rings (SSSR count). The summed E-state index contributed by atoms with van der Waals surface area (Å²) in [5, 5.41) is 11.2. The molecule has 2 amide bonds. The number of benzene rings is 1. The van der Waals surface area contributed by atoms with E-state index in [1.807, 2.05) is 30.3 Å². The number of rotatable bonds is 3. The summed E-state index contributed by atoms with van der Waals surface area (Å²) >= 11 is 0. The highest BCUT2D eigenvalue weighted by Crippen LogP contribution is 2.14. The Morgan fingerprint density at radius 2 is 1.58 bits per heavy atom. The fraction of sp³-hybridized carbons (Fsp3) is 0.294. The van der Waals surface area contributed by atoms with Crippen molar-refractivity contribution in [2.24, 2.45) is 0 Å². The summed E-state index contributed by atoms with van der Waals surface area (Å²) in [6, 6.07) is 13.0. The summed E-state index contributed by atoms with van der Waals surface area (Å²) in [6.07, 6.45) is 0. The lowest BCUT2D eigenvalue weighted by atomic mass is 10.2. The number of para-hydroxylation sites is 1. The number of nitrogens with one attached hydrogen (secondary N) is 1. The minimum atomic E-state index is -0.156. The second-order valence-electron chi connectivity index (χ2n) is 5.59. The van der Waals surface area contributed by atoms with Crippen LogP contribution < -0.4 is 5.32 Å². The first-order chi connectivity index (χ1) is 11.6. The van der Waals surface area contributed by atoms with Crippen molar-refractivity contribution in [1.82, 2.24) is 20.0 Å². The molecule has 1 aliphatic heterocycles. The SMILES string of the molecule is CC(=O)N1CCN(C(=O)c2ccc(Nc3ccccc3)nn2)CC1. The number of carbonyl (C=O) groups is 2. The fourth-order valence-corrected chi connectivity index (χ4v) is 2.57. The van der Waals surface area contributed by atoms with E-state index in [1.165, 1.54) is 0 Å². The number of aromatic nitrogens is 2. The van der Waals surface area contributed by atoms with Crippen molar-refractivity contribution in [2.45, 2.75) is 6.92 Å². The molecule has 7 heteroatoms. The number of piperazine rings is 1. The Morgan fingerprint density at radius 1 is 0.917 bits per heavy atom. The molecule has 2 heterocycles. The summed E-state index contributed by atoms with van der Waals surface area (Å²) in [4.78, 5) is 27.2. The average molecular weight is 325 g/mol. The number of hydrogen-bond acceptors (Lipinski definition) is 5. The van der Waals surface area contributed by atoms with Crippen LogP contribution in [-0.4, -0.2) is 58.0 Å². The van der Waals surface area contributed by atoms with Crippen LogP contribution in [0.1, 0.15) is 17.4 Å². The summed E-state index contributed by atoms with van der Waals surface area (Å²) < 4.78 is 0. The maximum atomic E-state index is 12.4. The molecule has 1 saturated heterocycles. The molecule has 0 bridgehead atoms. The second kappa shape index (κ2) is 7.08. The van der Waals surface area contributed by atoms with Gasteiger partial charge < -0.3 is 15.1 Å². The van der Waals surface area contributed by atoms with E-state index in [1.54, 1.807) is 28.9 Å². The first-order valence-corrected chi connectivity index (χ1v) is 7.84. The van der Waals surface area contributed by atoms with Crippen molar-refractivity contribution >= 4 is 23.3 Å². The third kappa shape index (κ3) is 3.68. The van der Waals surface area contributed by atoms with E-state index in [-0.39, 0.29) is 11.8 Å². The molecule has 1 aromatic carbocycles. The molecule has 0 aliphatic carbocycles. The van der Waals surface area contributed by atoms with Crippen molar-refractivity contribution in [1.29, 1.82) is 0 Å². The topological polar surface area (TPSA) is 78.4 Å². The van der Waals surface area contributed by atoms with Crippen LogP contribution in [-0.2, 0) is 4.79 Å². The summed E-state index contributed by atoms with van der Waals surface area (Å²) in [7, 11) is 0. The first kappa shape index (κ1) is 15.9. The van der Waals surface area contributed by atoms with E-state index in [2.05, 4.69) is 15.5 Å². The summed E-state index contributed by atoms with van der Waals surface area (Å²) in [6.45, 7) is 3.69. The zero-order chi connectivity index (χ0) is 16.9. The van der Waals surface area contributed by atoms with Gasteiger partial charge in [0.2, 0.25) is 5.91 Å². The Kier molecular flexibility index (Phi) is 4.69. The van der Waals surface area contributed by atoms with Crippen LogP contribution >= 0.6 is 0 Å². The number of hydrogen-bond donors (Lipinski definition) is 1. The highest BCUT2D eigenvalue weighted by atomic mass is 16.2. The summed E-state index contributed by atoms with van der Waals surface area (Å²) in [5.41, 5.74) is 1.22. The molecule has 24 heavy (non-hydrogen) atoms. The predicted molar refractivity (Wildman–Crippen MR) is 89.9 cm³/mol. The number of amides is 2. The molecule has 1 fully saturated rings. The van der Waals surface area contributed by atoms with Gasteiger partial charge in [0.25, 0.3) is 5.91 Å². The lowest BCUT2D eigenvalue weighted by Gasteiger charge is -2.33. The van der Waals surface area contributed by atoms with Crippen LogP contribution in [0.25, 0.3) is 0 Å². The Morgan fingerprint density at radius 3 is 2.17 bits per heavy atom. The monoisotopic (exact) mass is 325 g/mol. The number of anilines is 2. The third-order valence-electron chi connectivity index (χ3n) is 3.94. The molecular formula is C17H19N5O2. The van der Waals surface area contributed by atoms with Gasteiger partial charge in [0, 0.05) is 38.8 Å². The van der Waals surface area contributed by atoms with Crippen LogP contribution in [0, 0.1) is 0 Å². The lowest BCUT2D eigenvalue weighted by molar-refractivity contribution is -0.130. The molecule has 124 valence electrons. The molecule has 1 aliphatic rings. The number of nitrogens with zero attached hydrogens (tertiary/aromatic N) is 4. The zero-order valence-electron chi connectivity index (χ0n) is 13.5. The normalized spacial score (nSPS) is 14.4. The van der Waals surface area contributed by atoms with Crippen molar-refractivity contribution in [3.8, 4) is 0 Å². The van der Waals surface area contributed by atoms with E-state index >= 15 is 0 Å². The van der Waals surface area contributed by atoms with E-state index in [4.69, 9.17) is 0 Å². The van der Waals surface area contributed by atoms with Crippen LogP contribution in [0.15, 0.2) is 42.5 Å². The van der Waals surface area contributed by atoms with E-state index in [0.717, 1.165) is 5.69 Å². The van der Waals surface area contributed by atoms with Crippen molar-refractivity contribution in [3.63, 3.8) is 0 Å². The minimum absolute atomic E-state index is 0.0400. The largest absolute Gasteiger partial charge is 0.339 e. The van der Waals surface area contributed by atoms with Crippen LogP contribution in [0.2, 0.25) is 0 Å². The Labute approximate surface area is 140 Å². The van der Waals surface area contributed by atoms with Crippen LogP contribution in [0.4, 0.5) is 11.5 Å². The van der Waals surface area contributed by atoms with Gasteiger partial charge in [-0.1, -0.05) is 18.2 Å². The van der Waals surface area contributed by atoms with Crippen molar-refractivity contribution in [3.05, 3.63) is 48.2 Å². The molecule has 0 radical (unpaired) electrons. The molecule has 0 atom stereocenters. The predicted octanol–water partition coefficient (Wildman–Crippen LogP) is 1.52. The fourth-order valence-electron chi connectivity index (χ4n) is 2.57. The maximum absolute atomic E-state index is 12.4. The Bertz CT molecular complexity index is 710. The first-order valence-electron chi connectivity index (χ1n) is 7.84. The van der Waals surface area contributed by atoms with Gasteiger partial charge in [0.05, 0.1) is 0 Å². The zero-order valence-corrected chi connectivity index (χ0v) is 13.5. The Hall–Kier alpha value is -2.96. The quantitative estimate of drug-likeness (QED) is 0.926. The molecule has 0 spiro atoms. The van der Waals surface area contributed by atoms with Gasteiger partial charge >= 0.3 is 0 Å². The molecule has 7 nitrogen and oxygen atoms in total. The van der Waals surface area contributed by atoms with Crippen molar-refractivity contribution < 1.29 is 9.59 Å². The second-order valence-corrected chi connectivity index (χ2v) is 5.59.